The van der Waals surface area contributed by atoms with E-state index >= 15 is 0 Å². The molecule has 9 nitrogen and oxygen atoms in total. The van der Waals surface area contributed by atoms with Crippen molar-refractivity contribution in [1.82, 2.24) is 24.6 Å². The average molecular weight is 378 g/mol. The highest BCUT2D eigenvalue weighted by atomic mass is 32.2. The Hall–Kier alpha value is -2.49. The number of rotatable bonds is 6. The highest BCUT2D eigenvalue weighted by Crippen LogP contribution is 2.17. The maximum absolute atomic E-state index is 12.5. The van der Waals surface area contributed by atoms with Gasteiger partial charge < -0.3 is 10.2 Å². The summed E-state index contributed by atoms with van der Waals surface area (Å²) in [6.07, 6.45) is 6.17. The van der Waals surface area contributed by atoms with Crippen LogP contribution >= 0.6 is 0 Å². The SMILES string of the molecule is CS(=O)(=O)CCC(=O)N1Cc2ccnn2C[C@H](CNc2ncccn2)C1. The highest BCUT2D eigenvalue weighted by molar-refractivity contribution is 7.90. The van der Waals surface area contributed by atoms with Crippen LogP contribution in [0.4, 0.5) is 5.95 Å². The molecule has 0 saturated carbocycles. The average Bonchev–Trinajstić information content (AvgIpc) is 2.96. The van der Waals surface area contributed by atoms with Crippen molar-refractivity contribution >= 4 is 21.7 Å². The quantitative estimate of drug-likeness (QED) is 0.763. The molecule has 0 radical (unpaired) electrons. The second kappa shape index (κ2) is 7.81. The zero-order valence-electron chi connectivity index (χ0n) is 14.6. The lowest BCUT2D eigenvalue weighted by molar-refractivity contribution is -0.131. The highest BCUT2D eigenvalue weighted by Gasteiger charge is 2.26. The van der Waals surface area contributed by atoms with E-state index in [4.69, 9.17) is 0 Å². The zero-order chi connectivity index (χ0) is 18.6. The van der Waals surface area contributed by atoms with Gasteiger partial charge in [0.1, 0.15) is 9.84 Å². The number of hydrogen-bond donors (Lipinski definition) is 1. The molecule has 140 valence electrons. The number of anilines is 1. The third kappa shape index (κ3) is 5.01. The van der Waals surface area contributed by atoms with Crippen molar-refractivity contribution in [2.45, 2.75) is 19.5 Å². The van der Waals surface area contributed by atoms with Crippen molar-refractivity contribution in [3.63, 3.8) is 0 Å². The molecule has 0 bridgehead atoms. The normalized spacial score (nSPS) is 17.4. The second-order valence-corrected chi connectivity index (χ2v) is 8.74. The minimum absolute atomic E-state index is 0.00504. The molecule has 1 N–H and O–H groups in total. The molecule has 1 aliphatic rings. The number of amides is 1. The van der Waals surface area contributed by atoms with Gasteiger partial charge in [0.15, 0.2) is 0 Å². The summed E-state index contributed by atoms with van der Waals surface area (Å²) in [6, 6.07) is 3.63. The first-order chi connectivity index (χ1) is 12.4. The van der Waals surface area contributed by atoms with Crippen molar-refractivity contribution < 1.29 is 13.2 Å². The summed E-state index contributed by atoms with van der Waals surface area (Å²) in [7, 11) is -3.17. The van der Waals surface area contributed by atoms with Crippen molar-refractivity contribution in [2.24, 2.45) is 5.92 Å². The molecule has 3 heterocycles. The predicted octanol–water partition coefficient (Wildman–Crippen LogP) is 0.178. The van der Waals surface area contributed by atoms with E-state index in [0.29, 0.717) is 32.1 Å². The van der Waals surface area contributed by atoms with Gasteiger partial charge in [0.05, 0.1) is 18.0 Å². The van der Waals surface area contributed by atoms with Crippen molar-refractivity contribution in [3.05, 3.63) is 36.4 Å². The van der Waals surface area contributed by atoms with Gasteiger partial charge >= 0.3 is 0 Å². The Morgan fingerprint density at radius 2 is 2.04 bits per heavy atom. The minimum atomic E-state index is -3.17. The topological polar surface area (TPSA) is 110 Å². The third-order valence-electron chi connectivity index (χ3n) is 4.22. The predicted molar refractivity (Wildman–Crippen MR) is 96.0 cm³/mol. The molecule has 2 aromatic rings. The van der Waals surface area contributed by atoms with Gasteiger partial charge in [-0.15, -0.1) is 0 Å². The van der Waals surface area contributed by atoms with Crippen LogP contribution in [0.25, 0.3) is 0 Å². The molecule has 0 aliphatic carbocycles. The number of fused-ring (bicyclic) bond motifs is 1. The smallest absolute Gasteiger partial charge is 0.223 e. The van der Waals surface area contributed by atoms with Gasteiger partial charge in [0, 0.05) is 56.8 Å². The molecule has 2 aromatic heterocycles. The Labute approximate surface area is 152 Å². The van der Waals surface area contributed by atoms with Crippen molar-refractivity contribution in [3.8, 4) is 0 Å². The molecule has 1 atom stereocenters. The fourth-order valence-corrected chi connectivity index (χ4v) is 3.45. The molecule has 1 amide bonds. The monoisotopic (exact) mass is 378 g/mol. The van der Waals surface area contributed by atoms with E-state index in [9.17, 15) is 13.2 Å². The van der Waals surface area contributed by atoms with Crippen LogP contribution in [0.1, 0.15) is 12.1 Å². The summed E-state index contributed by atoms with van der Waals surface area (Å²) in [5, 5.41) is 7.51. The minimum Gasteiger partial charge on any atom is -0.354 e. The number of carbonyl (C=O) groups excluding carboxylic acids is 1. The van der Waals surface area contributed by atoms with Crippen molar-refractivity contribution in [1.29, 1.82) is 0 Å². The molecule has 0 unspecified atom stereocenters. The number of sulfone groups is 1. The molecular weight excluding hydrogens is 356 g/mol. The molecule has 0 spiro atoms. The van der Waals surface area contributed by atoms with E-state index in [0.717, 1.165) is 11.9 Å². The zero-order valence-corrected chi connectivity index (χ0v) is 15.4. The maximum atomic E-state index is 12.5. The Kier molecular flexibility index (Phi) is 5.50. The number of nitrogens with one attached hydrogen (secondary N) is 1. The Morgan fingerprint density at radius 3 is 2.77 bits per heavy atom. The van der Waals surface area contributed by atoms with Gasteiger partial charge in [-0.25, -0.2) is 18.4 Å². The van der Waals surface area contributed by atoms with Crippen LogP contribution in [-0.4, -0.2) is 64.1 Å². The Balaban J connectivity index is 1.69. The van der Waals surface area contributed by atoms with E-state index < -0.39 is 9.84 Å². The van der Waals surface area contributed by atoms with Gasteiger partial charge in [-0.1, -0.05) is 0 Å². The molecular formula is C16H22N6O3S. The summed E-state index contributed by atoms with van der Waals surface area (Å²) in [4.78, 5) is 22.5. The summed E-state index contributed by atoms with van der Waals surface area (Å²) in [5.74, 6) is 0.336. The van der Waals surface area contributed by atoms with Crippen LogP contribution in [0, 0.1) is 5.92 Å². The molecule has 0 aromatic carbocycles. The molecule has 0 fully saturated rings. The number of carbonyl (C=O) groups is 1. The standard InChI is InChI=1S/C16H22N6O3S/c1-26(24,25)8-4-15(23)21-10-13(9-19-16-17-5-2-6-18-16)11-22-14(12-21)3-7-20-22/h2-3,5-7,13H,4,8-12H2,1H3,(H,17,18,19)/t13-/m1/s1. The second-order valence-electron chi connectivity index (χ2n) is 6.48. The van der Waals surface area contributed by atoms with Gasteiger partial charge in [-0.2, -0.15) is 5.10 Å². The largest absolute Gasteiger partial charge is 0.354 e. The lowest BCUT2D eigenvalue weighted by Crippen LogP contribution is -2.36. The lowest BCUT2D eigenvalue weighted by Gasteiger charge is -2.24. The van der Waals surface area contributed by atoms with Crippen LogP contribution < -0.4 is 5.32 Å². The van der Waals surface area contributed by atoms with Crippen LogP contribution in [0.2, 0.25) is 0 Å². The first-order valence-corrected chi connectivity index (χ1v) is 10.4. The van der Waals surface area contributed by atoms with Gasteiger partial charge in [0.25, 0.3) is 0 Å². The summed E-state index contributed by atoms with van der Waals surface area (Å²) < 4.78 is 24.6. The van der Waals surface area contributed by atoms with Gasteiger partial charge in [-0.05, 0) is 12.1 Å². The summed E-state index contributed by atoms with van der Waals surface area (Å²) in [6.45, 7) is 2.20. The number of aromatic nitrogens is 4. The number of hydrogen-bond acceptors (Lipinski definition) is 7. The Morgan fingerprint density at radius 1 is 1.27 bits per heavy atom. The first-order valence-electron chi connectivity index (χ1n) is 8.38. The van der Waals surface area contributed by atoms with Crippen LogP contribution in [0.3, 0.4) is 0 Å². The van der Waals surface area contributed by atoms with E-state index in [2.05, 4.69) is 20.4 Å². The maximum Gasteiger partial charge on any atom is 0.223 e. The molecule has 3 rings (SSSR count). The van der Waals surface area contributed by atoms with Crippen LogP contribution in [-0.2, 0) is 27.7 Å². The van der Waals surface area contributed by atoms with Crippen LogP contribution in [0.5, 0.6) is 0 Å². The summed E-state index contributed by atoms with van der Waals surface area (Å²) in [5.41, 5.74) is 0.941. The lowest BCUT2D eigenvalue weighted by atomic mass is 10.1. The van der Waals surface area contributed by atoms with Gasteiger partial charge in [0.2, 0.25) is 11.9 Å². The molecule has 1 aliphatic heterocycles. The van der Waals surface area contributed by atoms with Crippen molar-refractivity contribution in [2.75, 3.05) is 30.4 Å². The third-order valence-corrected chi connectivity index (χ3v) is 5.17. The molecule has 26 heavy (non-hydrogen) atoms. The molecule has 10 heteroatoms. The fraction of sp³-hybridized carbons (Fsp3) is 0.500. The first kappa shape index (κ1) is 18.3. The van der Waals surface area contributed by atoms with E-state index in [1.807, 2.05) is 10.7 Å². The van der Waals surface area contributed by atoms with Crippen LogP contribution in [0.15, 0.2) is 30.7 Å². The summed E-state index contributed by atoms with van der Waals surface area (Å²) >= 11 is 0. The fourth-order valence-electron chi connectivity index (χ4n) is 2.91. The molecule has 0 saturated heterocycles. The van der Waals surface area contributed by atoms with Gasteiger partial charge in [-0.3, -0.25) is 9.48 Å². The van der Waals surface area contributed by atoms with E-state index in [-0.39, 0.29) is 24.0 Å². The van der Waals surface area contributed by atoms with E-state index in [1.165, 1.54) is 0 Å². The van der Waals surface area contributed by atoms with E-state index in [1.54, 1.807) is 29.6 Å². The number of nitrogens with zero attached hydrogens (tertiary/aromatic N) is 5. The Bertz CT molecular complexity index is 852.